The molecule has 0 aliphatic carbocycles. The Morgan fingerprint density at radius 1 is 1.10 bits per heavy atom. The molecule has 2 rings (SSSR count). The Morgan fingerprint density at radius 3 is 2.33 bits per heavy atom. The van der Waals surface area contributed by atoms with E-state index < -0.39 is 21.4 Å². The maximum absolute atomic E-state index is 12.3. The molecule has 0 aliphatic heterocycles. The second kappa shape index (κ2) is 6.44. The van der Waals surface area contributed by atoms with Gasteiger partial charge < -0.3 is 0 Å². The fourth-order valence-electron chi connectivity index (χ4n) is 1.57. The van der Waals surface area contributed by atoms with Crippen LogP contribution in [0, 0.1) is 0 Å². The maximum atomic E-state index is 12.3. The zero-order valence-electron chi connectivity index (χ0n) is 10.1. The summed E-state index contributed by atoms with van der Waals surface area (Å²) >= 11 is 24.2. The number of thiophene rings is 1. The minimum atomic E-state index is -3.93. The molecule has 1 aromatic carbocycles. The summed E-state index contributed by atoms with van der Waals surface area (Å²) in [7, 11) is -3.93. The highest BCUT2D eigenvalue weighted by molar-refractivity contribution is 7.92. The number of Topliss-reactive ketones (excluding diaryl/α,β-unsaturated/α-hetero) is 1. The Morgan fingerprint density at radius 2 is 1.76 bits per heavy atom. The molecule has 0 unspecified atom stereocenters. The van der Waals surface area contributed by atoms with Gasteiger partial charge in [-0.2, -0.15) is 0 Å². The van der Waals surface area contributed by atoms with Crippen molar-refractivity contribution in [3.05, 3.63) is 48.5 Å². The van der Waals surface area contributed by atoms with E-state index in [9.17, 15) is 13.2 Å². The molecule has 0 bridgehead atoms. The topological polar surface area (TPSA) is 51.2 Å². The molecule has 9 heteroatoms. The molecular weight excluding hydrogens is 398 g/mol. The number of hydrogen-bond donors (Lipinski definition) is 0. The van der Waals surface area contributed by atoms with Crippen molar-refractivity contribution < 1.29 is 13.2 Å². The van der Waals surface area contributed by atoms with Crippen molar-refractivity contribution in [1.82, 2.24) is 0 Å². The number of ketones is 1. The summed E-state index contributed by atoms with van der Waals surface area (Å²) in [6.45, 7) is 0. The molecule has 1 aromatic heterocycles. The Bertz CT molecular complexity index is 812. The molecule has 0 radical (unpaired) electrons. The van der Waals surface area contributed by atoms with Crippen LogP contribution in [0.1, 0.15) is 10.4 Å². The van der Waals surface area contributed by atoms with Gasteiger partial charge in [0.1, 0.15) is 10.1 Å². The molecule has 3 nitrogen and oxygen atoms in total. The molecule has 1 heterocycles. The van der Waals surface area contributed by atoms with E-state index in [1.165, 1.54) is 24.3 Å². The van der Waals surface area contributed by atoms with Crippen molar-refractivity contribution in [3.8, 4) is 0 Å². The first-order chi connectivity index (χ1) is 9.70. The number of halogens is 4. The van der Waals surface area contributed by atoms with Crippen LogP contribution in [-0.4, -0.2) is 20.0 Å². The highest BCUT2D eigenvalue weighted by Gasteiger charge is 2.25. The molecule has 0 saturated heterocycles. The van der Waals surface area contributed by atoms with Gasteiger partial charge in [0.15, 0.2) is 15.6 Å². The van der Waals surface area contributed by atoms with Crippen LogP contribution in [0.2, 0.25) is 18.7 Å². The third-order valence-electron chi connectivity index (χ3n) is 2.51. The minimum Gasteiger partial charge on any atom is -0.293 e. The minimum absolute atomic E-state index is 0.00153. The molecule has 0 fully saturated rings. The smallest absolute Gasteiger partial charge is 0.187 e. The molecular formula is C12H6Cl4O3S2. The van der Waals surface area contributed by atoms with E-state index in [1.807, 2.05) is 0 Å². The average Bonchev–Trinajstić information content (AvgIpc) is 2.71. The lowest BCUT2D eigenvalue weighted by Gasteiger charge is -2.06. The second-order valence-corrected chi connectivity index (χ2v) is 9.08. The van der Waals surface area contributed by atoms with Crippen molar-refractivity contribution in [3.63, 3.8) is 0 Å². The van der Waals surface area contributed by atoms with E-state index >= 15 is 0 Å². The van der Waals surface area contributed by atoms with Crippen LogP contribution in [-0.2, 0) is 9.84 Å². The quantitative estimate of drug-likeness (QED) is 0.673. The van der Waals surface area contributed by atoms with Gasteiger partial charge in [-0.1, -0.05) is 46.4 Å². The van der Waals surface area contributed by atoms with Crippen LogP contribution in [0.4, 0.5) is 0 Å². The number of sulfone groups is 1. The average molecular weight is 404 g/mol. The van der Waals surface area contributed by atoms with Gasteiger partial charge in [-0.05, 0) is 24.3 Å². The number of benzene rings is 1. The third kappa shape index (κ3) is 3.92. The van der Waals surface area contributed by atoms with E-state index in [0.29, 0.717) is 4.34 Å². The van der Waals surface area contributed by atoms with Gasteiger partial charge in [-0.3, -0.25) is 4.79 Å². The number of rotatable bonds is 4. The Labute approximate surface area is 145 Å². The fourth-order valence-corrected chi connectivity index (χ4v) is 5.11. The summed E-state index contributed by atoms with van der Waals surface area (Å²) in [4.78, 5) is 11.9. The summed E-state index contributed by atoms with van der Waals surface area (Å²) in [5.41, 5.74) is 0.0772. The van der Waals surface area contributed by atoms with Gasteiger partial charge in [0.05, 0.1) is 14.3 Å². The van der Waals surface area contributed by atoms with Crippen LogP contribution < -0.4 is 0 Å². The first-order valence-electron chi connectivity index (χ1n) is 5.36. The van der Waals surface area contributed by atoms with Crippen LogP contribution in [0.25, 0.3) is 0 Å². The summed E-state index contributed by atoms with van der Waals surface area (Å²) < 4.78 is 25.0. The van der Waals surface area contributed by atoms with E-state index in [1.54, 1.807) is 0 Å². The predicted molar refractivity (Wildman–Crippen MR) is 87.2 cm³/mol. The van der Waals surface area contributed by atoms with Crippen LogP contribution in [0.15, 0.2) is 29.2 Å². The van der Waals surface area contributed by atoms with Crippen LogP contribution in [0.3, 0.4) is 0 Å². The molecule has 0 aliphatic rings. The lowest BCUT2D eigenvalue weighted by Crippen LogP contribution is -2.16. The van der Waals surface area contributed by atoms with Gasteiger partial charge in [0.25, 0.3) is 0 Å². The van der Waals surface area contributed by atoms with Crippen molar-refractivity contribution in [1.29, 1.82) is 0 Å². The number of carbonyl (C=O) groups excluding carboxylic acids is 1. The maximum Gasteiger partial charge on any atom is 0.187 e. The molecule has 0 atom stereocenters. The fraction of sp³-hybridized carbons (Fsp3) is 0.0833. The standard InChI is InChI=1S/C12H6Cl4O3S2/c13-6-1-2-8(14)10(3-6)21(18,19)5-9(17)7-4-11(15)20-12(7)16/h1-4H,5H2. The summed E-state index contributed by atoms with van der Waals surface area (Å²) in [5, 5.41) is 0.212. The van der Waals surface area contributed by atoms with Crippen LogP contribution in [0.5, 0.6) is 0 Å². The van der Waals surface area contributed by atoms with Gasteiger partial charge in [0.2, 0.25) is 0 Å². The van der Waals surface area contributed by atoms with Crippen molar-refractivity contribution in [2.24, 2.45) is 0 Å². The third-order valence-corrected chi connectivity index (χ3v) is 6.32. The highest BCUT2D eigenvalue weighted by atomic mass is 35.5. The lowest BCUT2D eigenvalue weighted by atomic mass is 10.2. The molecule has 0 saturated carbocycles. The molecule has 2 aromatic rings. The monoisotopic (exact) mass is 402 g/mol. The first kappa shape index (κ1) is 17.1. The van der Waals surface area contributed by atoms with Gasteiger partial charge in [-0.25, -0.2) is 8.42 Å². The molecule has 21 heavy (non-hydrogen) atoms. The largest absolute Gasteiger partial charge is 0.293 e. The molecule has 0 N–H and O–H groups in total. The summed E-state index contributed by atoms with van der Waals surface area (Å²) in [6.07, 6.45) is 0. The summed E-state index contributed by atoms with van der Waals surface area (Å²) in [6, 6.07) is 5.36. The van der Waals surface area contributed by atoms with Crippen molar-refractivity contribution in [2.75, 3.05) is 5.75 Å². The van der Waals surface area contributed by atoms with Gasteiger partial charge in [0, 0.05) is 10.6 Å². The van der Waals surface area contributed by atoms with Gasteiger partial charge in [-0.15, -0.1) is 11.3 Å². The number of carbonyl (C=O) groups is 1. The Balaban J connectivity index is 2.35. The van der Waals surface area contributed by atoms with E-state index in [0.717, 1.165) is 11.3 Å². The SMILES string of the molecule is O=C(CS(=O)(=O)c1cc(Cl)ccc1Cl)c1cc(Cl)sc1Cl. The Kier molecular flexibility index (Phi) is 5.23. The molecule has 0 amide bonds. The van der Waals surface area contributed by atoms with Crippen molar-refractivity contribution in [2.45, 2.75) is 4.90 Å². The Hall–Kier alpha value is -0.300. The zero-order chi connectivity index (χ0) is 15.8. The van der Waals surface area contributed by atoms with Crippen molar-refractivity contribution >= 4 is 73.4 Å². The normalized spacial score (nSPS) is 11.6. The first-order valence-corrected chi connectivity index (χ1v) is 9.34. The molecule has 112 valence electrons. The lowest BCUT2D eigenvalue weighted by molar-refractivity contribution is 0.102. The molecule has 0 spiro atoms. The number of hydrogen-bond acceptors (Lipinski definition) is 4. The van der Waals surface area contributed by atoms with E-state index in [2.05, 4.69) is 0 Å². The van der Waals surface area contributed by atoms with E-state index in [-0.39, 0.29) is 24.8 Å². The summed E-state index contributed by atoms with van der Waals surface area (Å²) in [5.74, 6) is -1.42. The highest BCUT2D eigenvalue weighted by Crippen LogP contribution is 2.32. The zero-order valence-corrected chi connectivity index (χ0v) is 14.7. The van der Waals surface area contributed by atoms with Crippen LogP contribution >= 0.6 is 57.7 Å². The van der Waals surface area contributed by atoms with E-state index in [4.69, 9.17) is 46.4 Å². The van der Waals surface area contributed by atoms with Gasteiger partial charge >= 0.3 is 0 Å². The predicted octanol–water partition coefficient (Wildman–Crippen LogP) is 5.02. The second-order valence-electron chi connectivity index (χ2n) is 3.99.